The molecule has 22 heavy (non-hydrogen) atoms. The molecule has 2 heterocycles. The van der Waals surface area contributed by atoms with E-state index >= 15 is 0 Å². The zero-order valence-corrected chi connectivity index (χ0v) is 13.6. The number of rotatable bonds is 1. The third-order valence-corrected chi connectivity index (χ3v) is 5.35. The summed E-state index contributed by atoms with van der Waals surface area (Å²) in [5.74, 6) is -0.643. The first kappa shape index (κ1) is 15.5. The van der Waals surface area contributed by atoms with Gasteiger partial charge in [0.1, 0.15) is 17.8 Å². The van der Waals surface area contributed by atoms with Gasteiger partial charge in [-0.3, -0.25) is 9.59 Å². The summed E-state index contributed by atoms with van der Waals surface area (Å²) >= 11 is 0. The third kappa shape index (κ3) is 2.67. The van der Waals surface area contributed by atoms with Gasteiger partial charge in [0, 0.05) is 12.8 Å². The van der Waals surface area contributed by atoms with Gasteiger partial charge in [-0.15, -0.1) is 0 Å². The molecule has 0 amide bonds. The normalized spacial score (nSPS) is 46.6. The topological polar surface area (TPSA) is 65.1 Å². The van der Waals surface area contributed by atoms with Crippen LogP contribution >= 0.6 is 0 Å². The van der Waals surface area contributed by atoms with Crippen LogP contribution in [0.1, 0.15) is 47.0 Å². The van der Waals surface area contributed by atoms with Crippen molar-refractivity contribution in [3.63, 3.8) is 0 Å². The molecule has 0 aromatic rings. The minimum atomic E-state index is -0.431. The lowest BCUT2D eigenvalue weighted by molar-refractivity contribution is -0.151. The first-order valence-corrected chi connectivity index (χ1v) is 8.04. The van der Waals surface area contributed by atoms with Gasteiger partial charge in [-0.25, -0.2) is 0 Å². The van der Waals surface area contributed by atoms with E-state index in [0.717, 1.165) is 12.8 Å². The van der Waals surface area contributed by atoms with Crippen LogP contribution in [0, 0.1) is 11.8 Å². The molecule has 6 atom stereocenters. The highest BCUT2D eigenvalue weighted by atomic mass is 16.6. The number of allylic oxidation sites excluding steroid dienone is 1. The van der Waals surface area contributed by atoms with Gasteiger partial charge in [-0.2, -0.15) is 0 Å². The average Bonchev–Trinajstić information content (AvgIpc) is 3.03. The van der Waals surface area contributed by atoms with Crippen molar-refractivity contribution >= 4 is 11.9 Å². The number of carbonyl (C=O) groups excluding carboxylic acids is 2. The van der Waals surface area contributed by atoms with Crippen molar-refractivity contribution in [2.45, 2.75) is 70.9 Å². The standard InChI is InChI=1S/C17H24O5/c1-9-5-6-14-17(4,22-14)15(20-11(3)18)8-12-10(2)16(19)21-13(12)7-9/h7,10,12-15H,5-6,8H2,1-4H3/b9-7-/t10-,12-,13+,14+,15-,17-/m0/s1. The Bertz CT molecular complexity index is 525. The van der Waals surface area contributed by atoms with Gasteiger partial charge >= 0.3 is 11.9 Å². The van der Waals surface area contributed by atoms with E-state index in [-0.39, 0.29) is 42.1 Å². The van der Waals surface area contributed by atoms with Crippen molar-refractivity contribution in [1.29, 1.82) is 0 Å². The number of fused-ring (bicyclic) bond motifs is 2. The van der Waals surface area contributed by atoms with E-state index in [1.54, 1.807) is 0 Å². The van der Waals surface area contributed by atoms with Gasteiger partial charge in [0.15, 0.2) is 0 Å². The molecule has 0 radical (unpaired) electrons. The summed E-state index contributed by atoms with van der Waals surface area (Å²) in [5.41, 5.74) is 0.792. The van der Waals surface area contributed by atoms with Crippen molar-refractivity contribution in [3.8, 4) is 0 Å². The molecule has 0 bridgehead atoms. The van der Waals surface area contributed by atoms with Gasteiger partial charge in [0.2, 0.25) is 0 Å². The summed E-state index contributed by atoms with van der Waals surface area (Å²) in [7, 11) is 0. The Morgan fingerprint density at radius 2 is 2.18 bits per heavy atom. The summed E-state index contributed by atoms with van der Waals surface area (Å²) in [6.45, 7) is 7.38. The number of esters is 2. The first-order chi connectivity index (χ1) is 10.3. The van der Waals surface area contributed by atoms with Crippen LogP contribution in [0.3, 0.4) is 0 Å². The van der Waals surface area contributed by atoms with E-state index in [9.17, 15) is 9.59 Å². The predicted molar refractivity (Wildman–Crippen MR) is 79.0 cm³/mol. The van der Waals surface area contributed by atoms with Crippen LogP contribution in [-0.2, 0) is 23.8 Å². The Morgan fingerprint density at radius 1 is 1.45 bits per heavy atom. The van der Waals surface area contributed by atoms with Gasteiger partial charge in [0.05, 0.1) is 12.0 Å². The maximum Gasteiger partial charge on any atom is 0.309 e. The SMILES string of the molecule is CC(=O)O[C@H]1C[C@H]2[C@H](C)C(=O)O[C@@H]2/C=C(/C)CC[C@H]2O[C@]12C. The van der Waals surface area contributed by atoms with Crippen molar-refractivity contribution in [2.24, 2.45) is 11.8 Å². The lowest BCUT2D eigenvalue weighted by Crippen LogP contribution is -2.38. The van der Waals surface area contributed by atoms with Crippen LogP contribution < -0.4 is 0 Å². The van der Waals surface area contributed by atoms with E-state index in [2.05, 4.69) is 13.0 Å². The minimum absolute atomic E-state index is 0.0200. The average molecular weight is 308 g/mol. The Kier molecular flexibility index (Phi) is 3.79. The monoisotopic (exact) mass is 308 g/mol. The molecule has 2 saturated heterocycles. The van der Waals surface area contributed by atoms with Gasteiger partial charge < -0.3 is 14.2 Å². The molecule has 0 aromatic heterocycles. The van der Waals surface area contributed by atoms with Gasteiger partial charge in [-0.05, 0) is 39.2 Å². The van der Waals surface area contributed by atoms with E-state index in [4.69, 9.17) is 14.2 Å². The Hall–Kier alpha value is -1.36. The maximum absolute atomic E-state index is 12.0. The van der Waals surface area contributed by atoms with Crippen molar-refractivity contribution < 1.29 is 23.8 Å². The molecular weight excluding hydrogens is 284 g/mol. The van der Waals surface area contributed by atoms with Crippen molar-refractivity contribution in [3.05, 3.63) is 11.6 Å². The molecule has 5 heteroatoms. The van der Waals surface area contributed by atoms with Crippen LogP contribution in [0.5, 0.6) is 0 Å². The maximum atomic E-state index is 12.0. The fourth-order valence-electron chi connectivity index (χ4n) is 3.75. The molecule has 3 rings (SSSR count). The number of epoxide rings is 1. The van der Waals surface area contributed by atoms with E-state index < -0.39 is 5.60 Å². The number of ether oxygens (including phenoxy) is 3. The smallest absolute Gasteiger partial charge is 0.309 e. The first-order valence-electron chi connectivity index (χ1n) is 8.04. The zero-order chi connectivity index (χ0) is 16.1. The molecule has 0 N–H and O–H groups in total. The summed E-state index contributed by atoms with van der Waals surface area (Å²) in [4.78, 5) is 23.4. The zero-order valence-electron chi connectivity index (χ0n) is 13.6. The summed E-state index contributed by atoms with van der Waals surface area (Å²) in [6, 6.07) is 0. The largest absolute Gasteiger partial charge is 0.459 e. The van der Waals surface area contributed by atoms with E-state index in [1.807, 2.05) is 13.8 Å². The van der Waals surface area contributed by atoms with Crippen molar-refractivity contribution in [1.82, 2.24) is 0 Å². The Balaban J connectivity index is 1.90. The molecule has 0 unspecified atom stereocenters. The molecule has 5 nitrogen and oxygen atoms in total. The molecule has 3 aliphatic rings. The van der Waals surface area contributed by atoms with Crippen LogP contribution in [0.2, 0.25) is 0 Å². The Morgan fingerprint density at radius 3 is 2.86 bits per heavy atom. The lowest BCUT2D eigenvalue weighted by Gasteiger charge is -2.27. The van der Waals surface area contributed by atoms with Gasteiger partial charge in [-0.1, -0.05) is 12.5 Å². The number of hydrogen-bond acceptors (Lipinski definition) is 5. The quantitative estimate of drug-likeness (QED) is 0.423. The molecule has 2 fully saturated rings. The van der Waals surface area contributed by atoms with Crippen LogP contribution in [0.25, 0.3) is 0 Å². The molecule has 0 saturated carbocycles. The second-order valence-electron chi connectivity index (χ2n) is 7.03. The van der Waals surface area contributed by atoms with Crippen LogP contribution in [-0.4, -0.2) is 35.9 Å². The number of carbonyl (C=O) groups is 2. The highest BCUT2D eigenvalue weighted by Crippen LogP contribution is 2.48. The third-order valence-electron chi connectivity index (χ3n) is 5.35. The highest BCUT2D eigenvalue weighted by molar-refractivity contribution is 5.75. The van der Waals surface area contributed by atoms with E-state index in [0.29, 0.717) is 6.42 Å². The highest BCUT2D eigenvalue weighted by Gasteiger charge is 2.60. The fraction of sp³-hybridized carbons (Fsp3) is 0.765. The fourth-order valence-corrected chi connectivity index (χ4v) is 3.75. The molecule has 1 aliphatic carbocycles. The molecule has 0 spiro atoms. The summed E-state index contributed by atoms with van der Waals surface area (Å²) < 4.78 is 16.9. The van der Waals surface area contributed by atoms with Gasteiger partial charge in [0.25, 0.3) is 0 Å². The summed E-state index contributed by atoms with van der Waals surface area (Å²) in [6.07, 6.45) is 4.02. The number of hydrogen-bond donors (Lipinski definition) is 0. The molecule has 2 aliphatic heterocycles. The minimum Gasteiger partial charge on any atom is -0.459 e. The van der Waals surface area contributed by atoms with E-state index in [1.165, 1.54) is 12.5 Å². The lowest BCUT2D eigenvalue weighted by atomic mass is 9.80. The second kappa shape index (κ2) is 5.37. The Labute approximate surface area is 131 Å². The van der Waals surface area contributed by atoms with Crippen LogP contribution in [0.4, 0.5) is 0 Å². The van der Waals surface area contributed by atoms with Crippen molar-refractivity contribution in [2.75, 3.05) is 0 Å². The van der Waals surface area contributed by atoms with Crippen LogP contribution in [0.15, 0.2) is 11.6 Å². The molecular formula is C17H24O5. The second-order valence-corrected chi connectivity index (χ2v) is 7.03. The molecule has 122 valence electrons. The summed E-state index contributed by atoms with van der Waals surface area (Å²) in [5, 5.41) is 0. The predicted octanol–water partition coefficient (Wildman–Crippen LogP) is 2.38. The molecule has 0 aromatic carbocycles.